The highest BCUT2D eigenvalue weighted by molar-refractivity contribution is 7.07. The third-order valence-electron chi connectivity index (χ3n) is 5.68. The maximum Gasteiger partial charge on any atom is 0.338 e. The summed E-state index contributed by atoms with van der Waals surface area (Å²) >= 11 is 1.16. The minimum atomic E-state index is -0.746. The van der Waals surface area contributed by atoms with Gasteiger partial charge in [-0.05, 0) is 24.6 Å². The van der Waals surface area contributed by atoms with Gasteiger partial charge in [-0.2, -0.15) is 0 Å². The topological polar surface area (TPSA) is 60.7 Å². The highest BCUT2D eigenvalue weighted by atomic mass is 32.1. The van der Waals surface area contributed by atoms with Crippen LogP contribution in [-0.4, -0.2) is 17.1 Å². The molecule has 1 atom stereocenters. The first-order valence-corrected chi connectivity index (χ1v) is 12.0. The molecule has 1 aliphatic rings. The normalized spacial score (nSPS) is 15.5. The molecule has 5 rings (SSSR count). The zero-order valence-electron chi connectivity index (χ0n) is 18.9. The maximum atomic E-state index is 14.3. The largest absolute Gasteiger partial charge is 0.463 e. The van der Waals surface area contributed by atoms with Gasteiger partial charge in [0.2, 0.25) is 0 Å². The van der Waals surface area contributed by atoms with Crippen LogP contribution in [0.2, 0.25) is 0 Å². The molecule has 174 valence electrons. The van der Waals surface area contributed by atoms with Crippen LogP contribution in [0.15, 0.2) is 100 Å². The lowest BCUT2D eigenvalue weighted by atomic mass is 9.93. The molecule has 0 amide bonds. The van der Waals surface area contributed by atoms with E-state index in [1.165, 1.54) is 16.7 Å². The van der Waals surface area contributed by atoms with Crippen LogP contribution in [0.1, 0.15) is 29.7 Å². The van der Waals surface area contributed by atoms with Crippen molar-refractivity contribution in [2.24, 2.45) is 4.99 Å². The van der Waals surface area contributed by atoms with E-state index in [0.717, 1.165) is 22.5 Å². The SMILES string of the molecule is CCOC(=O)C1=C(c2ccccc2)N=c2s/c(=C/c3ccccc3F)c(=O)n2C1c1ccccc1. The fourth-order valence-corrected chi connectivity index (χ4v) is 5.12. The molecule has 2 heterocycles. The highest BCUT2D eigenvalue weighted by Crippen LogP contribution is 2.35. The van der Waals surface area contributed by atoms with Crippen molar-refractivity contribution in [1.82, 2.24) is 4.57 Å². The summed E-state index contributed by atoms with van der Waals surface area (Å²) in [6, 6.07) is 24.2. The monoisotopic (exact) mass is 484 g/mol. The van der Waals surface area contributed by atoms with Gasteiger partial charge in [0.05, 0.1) is 28.5 Å². The lowest BCUT2D eigenvalue weighted by Crippen LogP contribution is -2.40. The molecule has 0 spiro atoms. The minimum Gasteiger partial charge on any atom is -0.463 e. The molecule has 0 N–H and O–H groups in total. The summed E-state index contributed by atoms with van der Waals surface area (Å²) in [5, 5.41) is 0. The zero-order chi connectivity index (χ0) is 24.4. The molecule has 0 radical (unpaired) electrons. The average molecular weight is 485 g/mol. The van der Waals surface area contributed by atoms with Crippen molar-refractivity contribution in [3.63, 3.8) is 0 Å². The van der Waals surface area contributed by atoms with Crippen molar-refractivity contribution < 1.29 is 13.9 Å². The summed E-state index contributed by atoms with van der Waals surface area (Å²) < 4.78 is 21.6. The molecule has 0 aliphatic carbocycles. The third-order valence-corrected chi connectivity index (χ3v) is 6.66. The van der Waals surface area contributed by atoms with Gasteiger partial charge in [0.15, 0.2) is 4.80 Å². The van der Waals surface area contributed by atoms with Crippen molar-refractivity contribution in [2.75, 3.05) is 6.61 Å². The molecule has 5 nitrogen and oxygen atoms in total. The van der Waals surface area contributed by atoms with Gasteiger partial charge in [0, 0.05) is 11.1 Å². The van der Waals surface area contributed by atoms with Gasteiger partial charge < -0.3 is 4.74 Å². The van der Waals surface area contributed by atoms with E-state index in [0.29, 0.717) is 20.6 Å². The molecule has 1 aromatic heterocycles. The Morgan fingerprint density at radius 3 is 2.37 bits per heavy atom. The van der Waals surface area contributed by atoms with Crippen molar-refractivity contribution in [1.29, 1.82) is 0 Å². The smallest absolute Gasteiger partial charge is 0.338 e. The Kier molecular flexibility index (Phi) is 6.25. The Labute approximate surface area is 204 Å². The van der Waals surface area contributed by atoms with Gasteiger partial charge in [-0.1, -0.05) is 90.2 Å². The van der Waals surface area contributed by atoms with E-state index in [9.17, 15) is 14.0 Å². The highest BCUT2D eigenvalue weighted by Gasteiger charge is 2.35. The summed E-state index contributed by atoms with van der Waals surface area (Å²) in [5.41, 5.74) is 2.19. The molecule has 0 saturated carbocycles. The predicted octanol–water partition coefficient (Wildman–Crippen LogP) is 4.07. The number of aromatic nitrogens is 1. The molecule has 4 aromatic rings. The van der Waals surface area contributed by atoms with E-state index in [2.05, 4.69) is 0 Å². The van der Waals surface area contributed by atoms with Crippen LogP contribution < -0.4 is 14.9 Å². The first-order chi connectivity index (χ1) is 17.1. The fraction of sp³-hybridized carbons (Fsp3) is 0.107. The summed E-state index contributed by atoms with van der Waals surface area (Å²) in [6.07, 6.45) is 1.53. The van der Waals surface area contributed by atoms with Crippen LogP contribution in [0.25, 0.3) is 11.8 Å². The van der Waals surface area contributed by atoms with Crippen LogP contribution in [-0.2, 0) is 9.53 Å². The Hall–Kier alpha value is -4.10. The molecule has 0 fully saturated rings. The van der Waals surface area contributed by atoms with E-state index < -0.39 is 17.8 Å². The number of hydrogen-bond donors (Lipinski definition) is 0. The van der Waals surface area contributed by atoms with E-state index >= 15 is 0 Å². The van der Waals surface area contributed by atoms with Crippen LogP contribution in [0.3, 0.4) is 0 Å². The van der Waals surface area contributed by atoms with Gasteiger partial charge in [-0.15, -0.1) is 0 Å². The van der Waals surface area contributed by atoms with Crippen molar-refractivity contribution >= 4 is 29.1 Å². The first-order valence-electron chi connectivity index (χ1n) is 11.2. The second-order valence-electron chi connectivity index (χ2n) is 7.86. The first kappa shape index (κ1) is 22.7. The fourth-order valence-electron chi connectivity index (χ4n) is 4.12. The molecule has 1 unspecified atom stereocenters. The number of ether oxygens (including phenoxy) is 1. The van der Waals surface area contributed by atoms with E-state index in [1.807, 2.05) is 60.7 Å². The second-order valence-corrected chi connectivity index (χ2v) is 8.87. The van der Waals surface area contributed by atoms with Crippen molar-refractivity contribution in [3.8, 4) is 0 Å². The number of hydrogen-bond acceptors (Lipinski definition) is 5. The number of carbonyl (C=O) groups excluding carboxylic acids is 1. The molecule has 0 bridgehead atoms. The predicted molar refractivity (Wildman–Crippen MR) is 134 cm³/mol. The van der Waals surface area contributed by atoms with Gasteiger partial charge >= 0.3 is 5.97 Å². The maximum absolute atomic E-state index is 14.3. The summed E-state index contributed by atoms with van der Waals surface area (Å²) in [7, 11) is 0. The Morgan fingerprint density at radius 1 is 1.03 bits per heavy atom. The van der Waals surface area contributed by atoms with E-state index in [4.69, 9.17) is 9.73 Å². The number of nitrogens with zero attached hydrogens (tertiary/aromatic N) is 2. The molecular formula is C28H21FN2O3S. The van der Waals surface area contributed by atoms with Gasteiger partial charge in [-0.3, -0.25) is 9.36 Å². The van der Waals surface area contributed by atoms with Crippen LogP contribution in [0.4, 0.5) is 4.39 Å². The van der Waals surface area contributed by atoms with Gasteiger partial charge in [-0.25, -0.2) is 14.2 Å². The van der Waals surface area contributed by atoms with Crippen molar-refractivity contribution in [2.45, 2.75) is 13.0 Å². The van der Waals surface area contributed by atoms with Crippen LogP contribution in [0, 0.1) is 5.82 Å². The number of carbonyl (C=O) groups is 1. The number of esters is 1. The quantitative estimate of drug-likeness (QED) is 0.401. The van der Waals surface area contributed by atoms with Gasteiger partial charge in [0.1, 0.15) is 5.82 Å². The number of thiazole rings is 1. The van der Waals surface area contributed by atoms with Crippen LogP contribution >= 0.6 is 11.3 Å². The molecule has 0 saturated heterocycles. The molecule has 3 aromatic carbocycles. The number of rotatable bonds is 5. The van der Waals surface area contributed by atoms with Gasteiger partial charge in [0.25, 0.3) is 5.56 Å². The summed E-state index contributed by atoms with van der Waals surface area (Å²) in [6.45, 7) is 1.92. The number of benzene rings is 3. The molecule has 35 heavy (non-hydrogen) atoms. The third kappa shape index (κ3) is 4.26. The number of halogens is 1. The number of fused-ring (bicyclic) bond motifs is 1. The lowest BCUT2D eigenvalue weighted by Gasteiger charge is -2.25. The van der Waals surface area contributed by atoms with Crippen LogP contribution in [0.5, 0.6) is 0 Å². The molecule has 7 heteroatoms. The lowest BCUT2D eigenvalue weighted by molar-refractivity contribution is -0.138. The summed E-state index contributed by atoms with van der Waals surface area (Å²) in [5.74, 6) is -0.956. The van der Waals surface area contributed by atoms with E-state index in [-0.39, 0.29) is 17.7 Å². The van der Waals surface area contributed by atoms with Crippen molar-refractivity contribution in [3.05, 3.63) is 133 Å². The van der Waals surface area contributed by atoms with E-state index in [1.54, 1.807) is 25.1 Å². The summed E-state index contributed by atoms with van der Waals surface area (Å²) in [4.78, 5) is 32.2. The Bertz CT molecular complexity index is 1610. The second kappa shape index (κ2) is 9.64. The molecule has 1 aliphatic heterocycles. The standard InChI is InChI=1S/C28H21FN2O3S/c1-2-34-27(33)23-24(18-11-5-3-6-12-18)30-28-31(25(23)19-13-7-4-8-14-19)26(32)22(35-28)17-20-15-9-10-16-21(20)29/h3-17,25H,2H2,1H3/b22-17+. The molecular weight excluding hydrogens is 463 g/mol. The Balaban J connectivity index is 1.84. The average Bonchev–Trinajstić information content (AvgIpc) is 3.20. The Morgan fingerprint density at radius 2 is 1.69 bits per heavy atom. The minimum absolute atomic E-state index is 0.184. The zero-order valence-corrected chi connectivity index (χ0v) is 19.7.